The van der Waals surface area contributed by atoms with Crippen molar-refractivity contribution in [3.05, 3.63) is 47.0 Å². The van der Waals surface area contributed by atoms with Gasteiger partial charge in [-0.3, -0.25) is 4.90 Å². The predicted octanol–water partition coefficient (Wildman–Crippen LogP) is 3.43. The number of fused-ring (bicyclic) bond motifs is 1. The molecule has 0 spiro atoms. The van der Waals surface area contributed by atoms with E-state index in [1.54, 1.807) is 6.07 Å². The van der Waals surface area contributed by atoms with E-state index >= 15 is 0 Å². The molecule has 0 saturated heterocycles. The number of benzene rings is 2. The quantitative estimate of drug-likeness (QED) is 0.603. The van der Waals surface area contributed by atoms with Gasteiger partial charge in [-0.1, -0.05) is 17.3 Å². The summed E-state index contributed by atoms with van der Waals surface area (Å²) in [5.74, 6) is 1.65. The Kier molecular flexibility index (Phi) is 5.74. The summed E-state index contributed by atoms with van der Waals surface area (Å²) in [5.41, 5.74) is 12.2. The van der Waals surface area contributed by atoms with Crippen LogP contribution in [0.2, 0.25) is 0 Å². The number of aromatic nitrogens is 2. The van der Waals surface area contributed by atoms with E-state index in [0.29, 0.717) is 29.7 Å². The maximum absolute atomic E-state index is 9.20. The van der Waals surface area contributed by atoms with E-state index in [2.05, 4.69) is 34.1 Å². The zero-order chi connectivity index (χ0) is 21.3. The first kappa shape index (κ1) is 20.4. The first-order valence-electron chi connectivity index (χ1n) is 10.3. The molecule has 0 fully saturated rings. The van der Waals surface area contributed by atoms with Crippen molar-refractivity contribution < 1.29 is 14.4 Å². The molecule has 7 heteroatoms. The van der Waals surface area contributed by atoms with Gasteiger partial charge >= 0.3 is 0 Å². The Morgan fingerprint density at radius 3 is 2.83 bits per heavy atom. The lowest BCUT2D eigenvalue weighted by Crippen LogP contribution is -2.33. The summed E-state index contributed by atoms with van der Waals surface area (Å²) < 4.78 is 11.2. The molecule has 0 bridgehead atoms. The van der Waals surface area contributed by atoms with Gasteiger partial charge in [-0.25, -0.2) is 0 Å². The fraction of sp³-hybridized carbons (Fsp3) is 0.391. The highest BCUT2D eigenvalue weighted by Crippen LogP contribution is 2.32. The van der Waals surface area contributed by atoms with E-state index in [0.717, 1.165) is 30.6 Å². The van der Waals surface area contributed by atoms with E-state index in [1.807, 2.05) is 26.0 Å². The monoisotopic (exact) mass is 408 g/mol. The number of ether oxygens (including phenoxy) is 1. The van der Waals surface area contributed by atoms with Crippen LogP contribution in [0.15, 0.2) is 34.9 Å². The molecule has 0 aliphatic carbocycles. The standard InChI is InChI=1S/C23H28N4O3/c1-14(2)29-21-7-5-16(12-20(21)24)23-25-22(26-30-23)19-6-4-17-13-27(10-11-28)9-8-18(17)15(19)3/h4-7,12,14,28H,8-11,13,24H2,1-3H3. The van der Waals surface area contributed by atoms with E-state index < -0.39 is 0 Å². The molecule has 0 radical (unpaired) electrons. The van der Waals surface area contributed by atoms with Crippen molar-refractivity contribution in [1.82, 2.24) is 15.0 Å². The largest absolute Gasteiger partial charge is 0.489 e. The molecule has 1 aliphatic heterocycles. The number of anilines is 1. The van der Waals surface area contributed by atoms with Crippen LogP contribution >= 0.6 is 0 Å². The number of nitrogens with zero attached hydrogens (tertiary/aromatic N) is 3. The molecular formula is C23H28N4O3. The molecule has 158 valence electrons. The Balaban J connectivity index is 1.60. The van der Waals surface area contributed by atoms with Gasteiger partial charge in [0.1, 0.15) is 5.75 Å². The molecule has 1 aromatic heterocycles. The molecule has 3 aromatic rings. The van der Waals surface area contributed by atoms with Gasteiger partial charge in [0.2, 0.25) is 5.82 Å². The van der Waals surface area contributed by atoms with Crippen molar-refractivity contribution in [1.29, 1.82) is 0 Å². The maximum atomic E-state index is 9.20. The van der Waals surface area contributed by atoms with Gasteiger partial charge in [0, 0.05) is 30.8 Å². The smallest absolute Gasteiger partial charge is 0.258 e. The van der Waals surface area contributed by atoms with Crippen molar-refractivity contribution in [3.63, 3.8) is 0 Å². The van der Waals surface area contributed by atoms with E-state index in [9.17, 15) is 5.11 Å². The summed E-state index contributed by atoms with van der Waals surface area (Å²) >= 11 is 0. The minimum Gasteiger partial charge on any atom is -0.489 e. The molecule has 3 N–H and O–H groups in total. The third-order valence-corrected chi connectivity index (χ3v) is 5.47. The van der Waals surface area contributed by atoms with Gasteiger partial charge in [-0.2, -0.15) is 4.98 Å². The van der Waals surface area contributed by atoms with Crippen molar-refractivity contribution in [2.24, 2.45) is 0 Å². The number of β-amino-alcohol motifs (C(OH)–C–C–N with tert-alkyl or cyclic N) is 1. The molecule has 0 unspecified atom stereocenters. The number of nitrogens with two attached hydrogens (primary N) is 1. The zero-order valence-corrected chi connectivity index (χ0v) is 17.7. The van der Waals surface area contributed by atoms with E-state index in [-0.39, 0.29) is 12.7 Å². The van der Waals surface area contributed by atoms with Crippen LogP contribution in [-0.2, 0) is 13.0 Å². The molecule has 1 aliphatic rings. The van der Waals surface area contributed by atoms with Gasteiger partial charge in [0.05, 0.1) is 18.4 Å². The molecule has 7 nitrogen and oxygen atoms in total. The minimum atomic E-state index is 0.0517. The van der Waals surface area contributed by atoms with Crippen LogP contribution in [0.3, 0.4) is 0 Å². The maximum Gasteiger partial charge on any atom is 0.258 e. The zero-order valence-electron chi connectivity index (χ0n) is 17.7. The Hall–Kier alpha value is -2.90. The van der Waals surface area contributed by atoms with E-state index in [1.165, 1.54) is 16.7 Å². The first-order chi connectivity index (χ1) is 14.5. The number of rotatable bonds is 6. The van der Waals surface area contributed by atoms with E-state index in [4.69, 9.17) is 15.0 Å². The van der Waals surface area contributed by atoms with Gasteiger partial charge in [0.15, 0.2) is 0 Å². The van der Waals surface area contributed by atoms with Crippen LogP contribution in [-0.4, -0.2) is 45.9 Å². The Labute approximate surface area is 176 Å². The van der Waals surface area contributed by atoms with Crippen LogP contribution in [0.4, 0.5) is 5.69 Å². The average molecular weight is 409 g/mol. The molecule has 2 heterocycles. The SMILES string of the molecule is Cc1c(-c2noc(-c3ccc(OC(C)C)c(N)c3)n2)ccc2c1CCN(CCO)C2. The normalized spacial score (nSPS) is 14.2. The van der Waals surface area contributed by atoms with Crippen LogP contribution in [0.1, 0.15) is 30.5 Å². The summed E-state index contributed by atoms with van der Waals surface area (Å²) in [7, 11) is 0. The number of nitrogen functional groups attached to an aromatic ring is 1. The molecule has 0 saturated carbocycles. The van der Waals surface area contributed by atoms with Crippen molar-refractivity contribution >= 4 is 5.69 Å². The third kappa shape index (κ3) is 4.04. The Morgan fingerprint density at radius 1 is 1.27 bits per heavy atom. The van der Waals surface area contributed by atoms with Crippen molar-refractivity contribution in [2.75, 3.05) is 25.4 Å². The van der Waals surface area contributed by atoms with Gasteiger partial charge < -0.3 is 20.1 Å². The molecule has 30 heavy (non-hydrogen) atoms. The van der Waals surface area contributed by atoms with Crippen LogP contribution in [0.5, 0.6) is 5.75 Å². The predicted molar refractivity (Wildman–Crippen MR) is 116 cm³/mol. The van der Waals surface area contributed by atoms with Crippen LogP contribution in [0.25, 0.3) is 22.8 Å². The molecule has 0 amide bonds. The topological polar surface area (TPSA) is 97.6 Å². The highest BCUT2D eigenvalue weighted by molar-refractivity contribution is 5.68. The fourth-order valence-electron chi connectivity index (χ4n) is 3.97. The lowest BCUT2D eigenvalue weighted by Gasteiger charge is -2.29. The first-order valence-corrected chi connectivity index (χ1v) is 10.3. The van der Waals surface area contributed by atoms with Crippen LogP contribution in [0, 0.1) is 6.92 Å². The lowest BCUT2D eigenvalue weighted by molar-refractivity contribution is 0.184. The highest BCUT2D eigenvalue weighted by Gasteiger charge is 2.21. The molecule has 0 atom stereocenters. The summed E-state index contributed by atoms with van der Waals surface area (Å²) in [4.78, 5) is 6.89. The second-order valence-electron chi connectivity index (χ2n) is 7.97. The third-order valence-electron chi connectivity index (χ3n) is 5.47. The van der Waals surface area contributed by atoms with Crippen LogP contribution < -0.4 is 10.5 Å². The Morgan fingerprint density at radius 2 is 2.10 bits per heavy atom. The summed E-state index contributed by atoms with van der Waals surface area (Å²) in [6.07, 6.45) is 1.00. The summed E-state index contributed by atoms with van der Waals surface area (Å²) in [6, 6.07) is 9.69. The molecule has 2 aromatic carbocycles. The Bertz CT molecular complexity index is 1040. The van der Waals surface area contributed by atoms with Gasteiger partial charge in [-0.05, 0) is 62.1 Å². The second kappa shape index (κ2) is 8.45. The fourth-order valence-corrected chi connectivity index (χ4v) is 3.97. The number of hydrogen-bond donors (Lipinski definition) is 2. The highest BCUT2D eigenvalue weighted by atomic mass is 16.5. The lowest BCUT2D eigenvalue weighted by atomic mass is 9.91. The van der Waals surface area contributed by atoms with Gasteiger partial charge in [0.25, 0.3) is 5.89 Å². The van der Waals surface area contributed by atoms with Crippen molar-refractivity contribution in [3.8, 4) is 28.6 Å². The minimum absolute atomic E-state index is 0.0517. The molecular weight excluding hydrogens is 380 g/mol. The number of aliphatic hydroxyl groups is 1. The van der Waals surface area contributed by atoms with Crippen molar-refractivity contribution in [2.45, 2.75) is 39.8 Å². The second-order valence-corrected chi connectivity index (χ2v) is 7.97. The number of aliphatic hydroxyl groups excluding tert-OH is 1. The van der Waals surface area contributed by atoms with Gasteiger partial charge in [-0.15, -0.1) is 0 Å². The average Bonchev–Trinajstić information content (AvgIpc) is 3.19. The summed E-state index contributed by atoms with van der Waals surface area (Å²) in [6.45, 7) is 8.73. The number of hydrogen-bond acceptors (Lipinski definition) is 7. The molecule has 4 rings (SSSR count). The summed E-state index contributed by atoms with van der Waals surface area (Å²) in [5, 5.41) is 13.4.